The zero-order valence-corrected chi connectivity index (χ0v) is 22.4. The number of anilines is 2. The van der Waals surface area contributed by atoms with E-state index in [0.717, 1.165) is 22.4 Å². The van der Waals surface area contributed by atoms with Gasteiger partial charge in [0.15, 0.2) is 17.6 Å². The molecule has 2 fully saturated rings. The van der Waals surface area contributed by atoms with Crippen LogP contribution in [0.3, 0.4) is 0 Å². The number of carbonyl (C=O) groups excluding carboxylic acids is 2. The first kappa shape index (κ1) is 25.6. The van der Waals surface area contributed by atoms with Crippen molar-refractivity contribution in [2.45, 2.75) is 32.6 Å². The minimum atomic E-state index is -0.942. The quantitative estimate of drug-likeness (QED) is 0.258. The standard InChI is InChI=1S/C33H30N2O5/c1-3-38-28-20-24(17-18-27(28)39-21-23-12-6-4-7-13-23)30-29-31(40-35(30)25-14-8-5-9-15-25)33(37)34(32(29)36)26-16-10-11-22(2)19-26/h4-20,29-31H,3,21H2,1-2H3/t29-,30-,31-/m1/s1. The number of hydrogen-bond acceptors (Lipinski definition) is 6. The van der Waals surface area contributed by atoms with Crippen molar-refractivity contribution >= 4 is 23.2 Å². The van der Waals surface area contributed by atoms with Crippen LogP contribution in [-0.4, -0.2) is 24.5 Å². The first-order valence-corrected chi connectivity index (χ1v) is 13.4. The molecule has 2 heterocycles. The predicted molar refractivity (Wildman–Crippen MR) is 152 cm³/mol. The number of imide groups is 1. The van der Waals surface area contributed by atoms with Crippen molar-refractivity contribution < 1.29 is 23.9 Å². The Bertz CT molecular complexity index is 1520. The summed E-state index contributed by atoms with van der Waals surface area (Å²) >= 11 is 0. The minimum Gasteiger partial charge on any atom is -0.490 e. The number of para-hydroxylation sites is 1. The number of aryl methyl sites for hydroxylation is 1. The summed E-state index contributed by atoms with van der Waals surface area (Å²) in [7, 11) is 0. The average molecular weight is 535 g/mol. The van der Waals surface area contributed by atoms with Gasteiger partial charge in [-0.1, -0.05) is 66.7 Å². The van der Waals surface area contributed by atoms with E-state index in [-0.39, 0.29) is 11.8 Å². The molecule has 7 nitrogen and oxygen atoms in total. The first-order chi connectivity index (χ1) is 19.5. The molecule has 0 aliphatic carbocycles. The molecule has 2 amide bonds. The van der Waals surface area contributed by atoms with Gasteiger partial charge in [0.25, 0.3) is 5.91 Å². The van der Waals surface area contributed by atoms with E-state index in [9.17, 15) is 9.59 Å². The lowest BCUT2D eigenvalue weighted by Crippen LogP contribution is -2.37. The Morgan fingerprint density at radius 1 is 0.750 bits per heavy atom. The Kier molecular flexibility index (Phi) is 6.97. The van der Waals surface area contributed by atoms with Crippen LogP contribution in [0.15, 0.2) is 103 Å². The van der Waals surface area contributed by atoms with Gasteiger partial charge >= 0.3 is 0 Å². The Labute approximate surface area is 233 Å². The maximum absolute atomic E-state index is 13.9. The molecule has 3 atom stereocenters. The zero-order chi connectivity index (χ0) is 27.6. The summed E-state index contributed by atoms with van der Waals surface area (Å²) < 4.78 is 12.1. The molecule has 6 rings (SSSR count). The highest BCUT2D eigenvalue weighted by Gasteiger charge is 2.60. The molecular formula is C33H30N2O5. The van der Waals surface area contributed by atoms with E-state index in [1.165, 1.54) is 4.90 Å². The van der Waals surface area contributed by atoms with Crippen molar-refractivity contribution in [3.8, 4) is 11.5 Å². The summed E-state index contributed by atoms with van der Waals surface area (Å²) in [6.07, 6.45) is -0.942. The van der Waals surface area contributed by atoms with Gasteiger partial charge in [0.2, 0.25) is 5.91 Å². The van der Waals surface area contributed by atoms with Crippen LogP contribution in [0.4, 0.5) is 11.4 Å². The third-order valence-corrected chi connectivity index (χ3v) is 7.23. The van der Waals surface area contributed by atoms with Crippen LogP contribution in [0.1, 0.15) is 29.7 Å². The maximum atomic E-state index is 13.9. The van der Waals surface area contributed by atoms with Crippen LogP contribution in [0.5, 0.6) is 11.5 Å². The molecule has 0 radical (unpaired) electrons. The minimum absolute atomic E-state index is 0.286. The Morgan fingerprint density at radius 2 is 1.48 bits per heavy atom. The number of carbonyl (C=O) groups is 2. The second-order valence-electron chi connectivity index (χ2n) is 9.92. The van der Waals surface area contributed by atoms with Crippen molar-refractivity contribution in [1.82, 2.24) is 0 Å². The van der Waals surface area contributed by atoms with Crippen LogP contribution in [0.2, 0.25) is 0 Å². The number of amides is 2. The maximum Gasteiger partial charge on any atom is 0.266 e. The van der Waals surface area contributed by atoms with Crippen molar-refractivity contribution in [3.05, 3.63) is 120 Å². The lowest BCUT2D eigenvalue weighted by molar-refractivity contribution is -0.126. The summed E-state index contributed by atoms with van der Waals surface area (Å²) in [4.78, 5) is 35.1. The molecule has 0 saturated carbocycles. The molecule has 0 N–H and O–H groups in total. The third kappa shape index (κ3) is 4.69. The second kappa shape index (κ2) is 10.9. The highest BCUT2D eigenvalue weighted by atomic mass is 16.7. The highest BCUT2D eigenvalue weighted by Crippen LogP contribution is 2.48. The molecule has 4 aromatic rings. The van der Waals surface area contributed by atoms with E-state index >= 15 is 0 Å². The van der Waals surface area contributed by atoms with Gasteiger partial charge in [-0.15, -0.1) is 0 Å². The highest BCUT2D eigenvalue weighted by molar-refractivity contribution is 6.24. The van der Waals surface area contributed by atoms with Crippen LogP contribution < -0.4 is 19.4 Å². The molecule has 2 saturated heterocycles. The molecule has 202 valence electrons. The number of rotatable bonds is 8. The Balaban J connectivity index is 1.38. The van der Waals surface area contributed by atoms with Crippen molar-refractivity contribution in [1.29, 1.82) is 0 Å². The summed E-state index contributed by atoms with van der Waals surface area (Å²) in [5.74, 6) is -0.215. The first-order valence-electron chi connectivity index (χ1n) is 13.4. The molecule has 2 aliphatic heterocycles. The summed E-state index contributed by atoms with van der Waals surface area (Å²) in [5.41, 5.74) is 4.11. The Morgan fingerprint density at radius 3 is 2.20 bits per heavy atom. The van der Waals surface area contributed by atoms with Gasteiger partial charge in [0, 0.05) is 0 Å². The monoisotopic (exact) mass is 534 g/mol. The molecule has 0 aromatic heterocycles. The molecule has 0 spiro atoms. The fourth-order valence-corrected chi connectivity index (χ4v) is 5.41. The zero-order valence-electron chi connectivity index (χ0n) is 22.4. The SMILES string of the molecule is CCOc1cc([C@@H]2[C@H]3C(=O)N(c4cccc(C)c4)C(=O)[C@@H]3ON2c2ccccc2)ccc1OCc1ccccc1. The lowest BCUT2D eigenvalue weighted by atomic mass is 9.90. The van der Waals surface area contributed by atoms with Gasteiger partial charge < -0.3 is 9.47 Å². The summed E-state index contributed by atoms with van der Waals surface area (Å²) in [6, 6.07) is 32.0. The van der Waals surface area contributed by atoms with Crippen LogP contribution in [0, 0.1) is 12.8 Å². The number of nitrogens with zero attached hydrogens (tertiary/aromatic N) is 2. The van der Waals surface area contributed by atoms with Crippen LogP contribution >= 0.6 is 0 Å². The van der Waals surface area contributed by atoms with Gasteiger partial charge in [0.05, 0.1) is 24.0 Å². The van der Waals surface area contributed by atoms with Gasteiger partial charge in [-0.05, 0) is 66.9 Å². The summed E-state index contributed by atoms with van der Waals surface area (Å²) in [6.45, 7) is 4.69. The van der Waals surface area contributed by atoms with Crippen molar-refractivity contribution in [3.63, 3.8) is 0 Å². The number of fused-ring (bicyclic) bond motifs is 1. The number of benzene rings is 4. The van der Waals surface area contributed by atoms with Gasteiger partial charge in [-0.25, -0.2) is 9.96 Å². The van der Waals surface area contributed by atoms with Crippen LogP contribution in [-0.2, 0) is 21.0 Å². The van der Waals surface area contributed by atoms with Gasteiger partial charge in [-0.3, -0.25) is 14.4 Å². The van der Waals surface area contributed by atoms with E-state index in [0.29, 0.717) is 30.4 Å². The third-order valence-electron chi connectivity index (χ3n) is 7.23. The predicted octanol–water partition coefficient (Wildman–Crippen LogP) is 6.02. The van der Waals surface area contributed by atoms with E-state index in [2.05, 4.69) is 0 Å². The normalized spacial score (nSPS) is 20.1. The number of hydrogen-bond donors (Lipinski definition) is 0. The van der Waals surface area contributed by atoms with E-state index in [4.69, 9.17) is 14.3 Å². The largest absolute Gasteiger partial charge is 0.490 e. The van der Waals surface area contributed by atoms with E-state index in [1.807, 2.05) is 111 Å². The molecule has 7 heteroatoms. The van der Waals surface area contributed by atoms with Crippen LogP contribution in [0.25, 0.3) is 0 Å². The van der Waals surface area contributed by atoms with Gasteiger partial charge in [0.1, 0.15) is 12.5 Å². The van der Waals surface area contributed by atoms with Crippen molar-refractivity contribution in [2.75, 3.05) is 16.6 Å². The molecule has 0 unspecified atom stereocenters. The lowest BCUT2D eigenvalue weighted by Gasteiger charge is -2.29. The smallest absolute Gasteiger partial charge is 0.266 e. The molecule has 2 aliphatic rings. The molecule has 4 aromatic carbocycles. The van der Waals surface area contributed by atoms with Crippen molar-refractivity contribution in [2.24, 2.45) is 5.92 Å². The second-order valence-corrected chi connectivity index (χ2v) is 9.92. The topological polar surface area (TPSA) is 68.3 Å². The average Bonchev–Trinajstić information content (AvgIpc) is 3.49. The van der Waals surface area contributed by atoms with E-state index in [1.54, 1.807) is 11.1 Å². The molecule has 0 bridgehead atoms. The summed E-state index contributed by atoms with van der Waals surface area (Å²) in [5, 5.41) is 1.69. The Hall–Kier alpha value is -4.62. The van der Waals surface area contributed by atoms with E-state index < -0.39 is 18.1 Å². The fourth-order valence-electron chi connectivity index (χ4n) is 5.41. The number of hydroxylamine groups is 1. The van der Waals surface area contributed by atoms with Gasteiger partial charge in [-0.2, -0.15) is 0 Å². The molecule has 40 heavy (non-hydrogen) atoms. The number of ether oxygens (including phenoxy) is 2. The molecular weight excluding hydrogens is 504 g/mol. The fraction of sp³-hybridized carbons (Fsp3) is 0.212.